The van der Waals surface area contributed by atoms with Crippen LogP contribution in [0, 0.1) is 0 Å². The van der Waals surface area contributed by atoms with Crippen molar-refractivity contribution in [2.75, 3.05) is 6.61 Å². The first kappa shape index (κ1) is 28.0. The molecule has 1 aliphatic heterocycles. The lowest BCUT2D eigenvalue weighted by Crippen LogP contribution is -2.46. The van der Waals surface area contributed by atoms with Crippen molar-refractivity contribution in [1.82, 2.24) is 9.13 Å². The van der Waals surface area contributed by atoms with Crippen LogP contribution in [0.15, 0.2) is 27.6 Å². The Balaban J connectivity index is 2.64. The Morgan fingerprint density at radius 3 is 2.20 bits per heavy atom. The molecule has 0 aliphatic carbocycles. The molecule has 0 saturated carbocycles. The smallest absolute Gasteiger partial charge is 0.330 e. The summed E-state index contributed by atoms with van der Waals surface area (Å²) >= 11 is 0. The van der Waals surface area contributed by atoms with Crippen LogP contribution in [0.3, 0.4) is 0 Å². The van der Waals surface area contributed by atoms with Crippen LogP contribution in [0.5, 0.6) is 0 Å². The van der Waals surface area contributed by atoms with E-state index in [2.05, 4.69) is 0 Å². The van der Waals surface area contributed by atoms with Crippen molar-refractivity contribution in [3.05, 3.63) is 44.4 Å². The van der Waals surface area contributed by atoms with Gasteiger partial charge in [-0.05, 0) is 18.9 Å². The van der Waals surface area contributed by atoms with E-state index in [-0.39, 0.29) is 24.5 Å². The Morgan fingerprint density at radius 2 is 1.63 bits per heavy atom. The molecule has 1 aromatic rings. The standard InChI is InChI=1S/C24H34N2O9/c1-6-8-10-25-13-18(23(30)26(24(25)31)11-9-7-2)19-12-20(33-16(4)28)22(34-17(5)29)21(35-19)14-32-15(3)27/h12-13,19,21-22H,6-11,14H2,1-5H3/t19-,21+,22-/m0/s1. The van der Waals surface area contributed by atoms with Gasteiger partial charge in [-0.15, -0.1) is 0 Å². The van der Waals surface area contributed by atoms with E-state index in [1.54, 1.807) is 0 Å². The van der Waals surface area contributed by atoms with Crippen molar-refractivity contribution in [3.63, 3.8) is 0 Å². The molecule has 11 heteroatoms. The highest BCUT2D eigenvalue weighted by Gasteiger charge is 2.40. The van der Waals surface area contributed by atoms with Crippen molar-refractivity contribution < 1.29 is 33.3 Å². The fourth-order valence-corrected chi connectivity index (χ4v) is 3.66. The molecule has 0 N–H and O–H groups in total. The van der Waals surface area contributed by atoms with Crippen LogP contribution >= 0.6 is 0 Å². The Morgan fingerprint density at radius 1 is 0.971 bits per heavy atom. The molecule has 0 aromatic carbocycles. The number of carbonyl (C=O) groups excluding carboxylic acids is 3. The van der Waals surface area contributed by atoms with Gasteiger partial charge in [-0.2, -0.15) is 0 Å². The van der Waals surface area contributed by atoms with Gasteiger partial charge in [0.2, 0.25) is 0 Å². The van der Waals surface area contributed by atoms with Gasteiger partial charge in [0.05, 0.1) is 5.56 Å². The first-order valence-electron chi connectivity index (χ1n) is 11.8. The number of hydrogen-bond acceptors (Lipinski definition) is 9. The molecule has 0 bridgehead atoms. The Bertz CT molecular complexity index is 1070. The van der Waals surface area contributed by atoms with Gasteiger partial charge in [0, 0.05) is 40.1 Å². The molecule has 0 spiro atoms. The van der Waals surface area contributed by atoms with E-state index in [4.69, 9.17) is 18.9 Å². The minimum Gasteiger partial charge on any atom is -0.463 e. The first-order chi connectivity index (χ1) is 16.6. The third kappa shape index (κ3) is 7.64. The van der Waals surface area contributed by atoms with E-state index in [9.17, 15) is 24.0 Å². The minimum absolute atomic E-state index is 0.0491. The maximum Gasteiger partial charge on any atom is 0.330 e. The van der Waals surface area contributed by atoms with Gasteiger partial charge >= 0.3 is 23.6 Å². The normalized spacial score (nSPS) is 19.6. The zero-order chi connectivity index (χ0) is 26.1. The summed E-state index contributed by atoms with van der Waals surface area (Å²) in [4.78, 5) is 61.2. The van der Waals surface area contributed by atoms with Crippen molar-refractivity contribution >= 4 is 17.9 Å². The number of aromatic nitrogens is 2. The molecule has 1 aromatic heterocycles. The SMILES string of the molecule is CCCCn1cc([C@@H]2C=C(OC(C)=O)[C@H](OC(C)=O)[C@@H](COC(C)=O)O2)c(=O)n(CCCC)c1=O. The average molecular weight is 495 g/mol. The van der Waals surface area contributed by atoms with E-state index in [1.807, 2.05) is 13.8 Å². The molecule has 11 nitrogen and oxygen atoms in total. The molecule has 35 heavy (non-hydrogen) atoms. The second kappa shape index (κ2) is 13.0. The number of ether oxygens (including phenoxy) is 4. The summed E-state index contributed by atoms with van der Waals surface area (Å²) in [7, 11) is 0. The van der Waals surface area contributed by atoms with Crippen molar-refractivity contribution in [1.29, 1.82) is 0 Å². The van der Waals surface area contributed by atoms with Crippen molar-refractivity contribution in [3.8, 4) is 0 Å². The Hall–Kier alpha value is -3.21. The summed E-state index contributed by atoms with van der Waals surface area (Å²) in [5.41, 5.74) is -0.790. The summed E-state index contributed by atoms with van der Waals surface area (Å²) in [6, 6.07) is 0. The number of esters is 3. The second-order valence-corrected chi connectivity index (χ2v) is 8.31. The highest BCUT2D eigenvalue weighted by molar-refractivity contribution is 5.69. The van der Waals surface area contributed by atoms with E-state index in [0.29, 0.717) is 13.0 Å². The summed E-state index contributed by atoms with van der Waals surface area (Å²) in [6.07, 6.45) is 2.53. The van der Waals surface area contributed by atoms with Crippen LogP contribution in [-0.2, 0) is 46.4 Å². The maximum absolute atomic E-state index is 13.3. The minimum atomic E-state index is -1.18. The zero-order valence-corrected chi connectivity index (χ0v) is 20.9. The highest BCUT2D eigenvalue weighted by Crippen LogP contribution is 2.31. The molecule has 0 unspecified atom stereocenters. The van der Waals surface area contributed by atoms with Crippen LogP contribution in [-0.4, -0.2) is 45.9 Å². The summed E-state index contributed by atoms with van der Waals surface area (Å²) in [5.74, 6) is -1.98. The van der Waals surface area contributed by atoms with Crippen LogP contribution in [0.1, 0.15) is 72.0 Å². The number of nitrogens with zero attached hydrogens (tertiary/aromatic N) is 2. The second-order valence-electron chi connectivity index (χ2n) is 8.31. The lowest BCUT2D eigenvalue weighted by atomic mass is 10.0. The predicted molar refractivity (Wildman–Crippen MR) is 124 cm³/mol. The maximum atomic E-state index is 13.3. The fraction of sp³-hybridized carbons (Fsp3) is 0.625. The molecule has 2 rings (SSSR count). The molecule has 1 aliphatic rings. The van der Waals surface area contributed by atoms with Gasteiger partial charge in [-0.1, -0.05) is 26.7 Å². The number of hydrogen-bond donors (Lipinski definition) is 0. The van der Waals surface area contributed by atoms with Gasteiger partial charge in [0.25, 0.3) is 5.56 Å². The Kier molecular flexibility index (Phi) is 10.4. The number of unbranched alkanes of at least 4 members (excludes halogenated alkanes) is 2. The summed E-state index contributed by atoms with van der Waals surface area (Å²) < 4.78 is 24.3. The summed E-state index contributed by atoms with van der Waals surface area (Å²) in [5, 5.41) is 0. The van der Waals surface area contributed by atoms with E-state index >= 15 is 0 Å². The van der Waals surface area contributed by atoms with Gasteiger partial charge in [-0.25, -0.2) is 4.79 Å². The third-order valence-electron chi connectivity index (χ3n) is 5.32. The van der Waals surface area contributed by atoms with Gasteiger partial charge in [-0.3, -0.25) is 23.7 Å². The van der Waals surface area contributed by atoms with Crippen molar-refractivity contribution in [2.24, 2.45) is 0 Å². The lowest BCUT2D eigenvalue weighted by molar-refractivity contribution is -0.173. The van der Waals surface area contributed by atoms with E-state index < -0.39 is 47.5 Å². The first-order valence-corrected chi connectivity index (χ1v) is 11.8. The summed E-state index contributed by atoms with van der Waals surface area (Å²) in [6.45, 7) is 7.85. The number of rotatable bonds is 11. The van der Waals surface area contributed by atoms with Gasteiger partial charge in [0.15, 0.2) is 6.10 Å². The average Bonchev–Trinajstić information content (AvgIpc) is 2.78. The topological polar surface area (TPSA) is 132 Å². The lowest BCUT2D eigenvalue weighted by Gasteiger charge is -2.34. The van der Waals surface area contributed by atoms with E-state index in [0.717, 1.165) is 19.3 Å². The Labute approximate surface area is 203 Å². The quantitative estimate of drug-likeness (QED) is 0.335. The molecule has 2 heterocycles. The van der Waals surface area contributed by atoms with Crippen LogP contribution < -0.4 is 11.2 Å². The van der Waals surface area contributed by atoms with Gasteiger partial charge < -0.3 is 23.5 Å². The van der Waals surface area contributed by atoms with Gasteiger partial charge in [0.1, 0.15) is 24.6 Å². The number of aryl methyl sites for hydroxylation is 1. The van der Waals surface area contributed by atoms with Crippen LogP contribution in [0.2, 0.25) is 0 Å². The van der Waals surface area contributed by atoms with E-state index in [1.165, 1.54) is 42.2 Å². The third-order valence-corrected chi connectivity index (χ3v) is 5.32. The zero-order valence-electron chi connectivity index (χ0n) is 20.9. The molecule has 194 valence electrons. The predicted octanol–water partition coefficient (Wildman–Crippen LogP) is 1.99. The largest absolute Gasteiger partial charge is 0.463 e. The molecule has 0 fully saturated rings. The molecule has 0 amide bonds. The molecular formula is C24H34N2O9. The fourth-order valence-electron chi connectivity index (χ4n) is 3.66. The van der Waals surface area contributed by atoms with Crippen LogP contribution in [0.4, 0.5) is 0 Å². The molecular weight excluding hydrogens is 460 g/mol. The molecule has 0 radical (unpaired) electrons. The van der Waals surface area contributed by atoms with Crippen molar-refractivity contribution in [2.45, 2.75) is 91.7 Å². The monoisotopic (exact) mass is 494 g/mol. The number of carbonyl (C=O) groups is 3. The highest BCUT2D eigenvalue weighted by atomic mass is 16.6. The molecule has 0 saturated heterocycles. The van der Waals surface area contributed by atoms with Crippen LogP contribution in [0.25, 0.3) is 0 Å². The molecule has 3 atom stereocenters.